The van der Waals surface area contributed by atoms with E-state index in [2.05, 4.69) is 15.9 Å². The van der Waals surface area contributed by atoms with E-state index in [1.807, 2.05) is 53.8 Å². The van der Waals surface area contributed by atoms with Crippen molar-refractivity contribution >= 4 is 50.7 Å². The van der Waals surface area contributed by atoms with Crippen molar-refractivity contribution in [3.63, 3.8) is 0 Å². The molecule has 2 rings (SSSR count). The lowest BCUT2D eigenvalue weighted by atomic mass is 10.1. The second-order valence-corrected chi connectivity index (χ2v) is 7.16. The number of aromatic nitrogens is 2. The van der Waals surface area contributed by atoms with Crippen molar-refractivity contribution in [1.82, 2.24) is 4.68 Å². The minimum atomic E-state index is -1.43. The normalized spacial score (nSPS) is 11.3. The Morgan fingerprint density at radius 3 is 2.11 bits per heavy atom. The van der Waals surface area contributed by atoms with Gasteiger partial charge in [0.15, 0.2) is 7.05 Å². The lowest BCUT2D eigenvalue weighted by Gasteiger charge is -2.07. The van der Waals surface area contributed by atoms with Crippen LogP contribution in [-0.2, 0) is 17.9 Å². The van der Waals surface area contributed by atoms with Gasteiger partial charge in [0.25, 0.3) is 0 Å². The Bertz CT molecular complexity index is 573. The van der Waals surface area contributed by atoms with Crippen molar-refractivity contribution in [1.29, 1.82) is 0 Å². The predicted octanol–water partition coefficient (Wildman–Crippen LogP) is 1.11. The molecule has 0 saturated heterocycles. The molecule has 2 nitrogen and oxygen atoms in total. The average Bonchev–Trinajstić information content (AvgIpc) is 2.57. The molecule has 1 heterocycles. The van der Waals surface area contributed by atoms with Crippen molar-refractivity contribution in [2.75, 3.05) is 0 Å². The second-order valence-electron chi connectivity index (χ2n) is 3.97. The smallest absolute Gasteiger partial charge is 0.238 e. The zero-order valence-corrected chi connectivity index (χ0v) is 14.8. The van der Waals surface area contributed by atoms with E-state index in [0.29, 0.717) is 5.69 Å². The number of nitrogens with zero attached hydrogens (tertiary/aromatic N) is 2. The maximum atomic E-state index is 5.95. The lowest BCUT2D eigenvalue weighted by molar-refractivity contribution is -0.741. The molecule has 19 heavy (non-hydrogen) atoms. The van der Waals surface area contributed by atoms with Gasteiger partial charge in [0.05, 0.1) is 7.05 Å². The van der Waals surface area contributed by atoms with Crippen LogP contribution in [-0.4, -0.2) is 4.68 Å². The number of halogens is 5. The van der Waals surface area contributed by atoms with E-state index in [4.69, 9.17) is 34.8 Å². The summed E-state index contributed by atoms with van der Waals surface area (Å²) in [6.45, 7) is 0. The van der Waals surface area contributed by atoms with Crippen LogP contribution in [0.1, 0.15) is 5.69 Å². The summed E-state index contributed by atoms with van der Waals surface area (Å²) < 4.78 is 3.37. The van der Waals surface area contributed by atoms with Gasteiger partial charge in [-0.2, -0.15) is 4.68 Å². The maximum Gasteiger partial charge on any atom is 0.238 e. The third-order valence-corrected chi connectivity index (χ3v) is 3.96. The van der Waals surface area contributed by atoms with E-state index in [9.17, 15) is 0 Å². The average molecular weight is 405 g/mol. The Labute approximate surface area is 141 Å². The Balaban J connectivity index is 0.00000180. The number of hydrogen-bond donors (Lipinski definition) is 0. The number of alkyl halides is 3. The molecule has 1 aromatic carbocycles. The summed E-state index contributed by atoms with van der Waals surface area (Å²) in [5.74, 6) is 0. The lowest BCUT2D eigenvalue weighted by Crippen LogP contribution is -3.00. The van der Waals surface area contributed by atoms with Crippen molar-refractivity contribution in [2.45, 2.75) is 3.79 Å². The highest BCUT2D eigenvalue weighted by atomic mass is 79.9. The summed E-state index contributed by atoms with van der Waals surface area (Å²) in [7, 11) is 3.79. The Morgan fingerprint density at radius 1 is 1.16 bits per heavy atom. The number of benzene rings is 1. The first kappa shape index (κ1) is 17.1. The molecule has 0 saturated carbocycles. The molecule has 1 aromatic heterocycles. The van der Waals surface area contributed by atoms with Crippen LogP contribution in [0.3, 0.4) is 0 Å². The van der Waals surface area contributed by atoms with Gasteiger partial charge in [-0.15, -0.1) is 4.68 Å². The van der Waals surface area contributed by atoms with Gasteiger partial charge in [-0.25, -0.2) is 0 Å². The van der Waals surface area contributed by atoms with Crippen molar-refractivity contribution in [3.8, 4) is 11.3 Å². The summed E-state index contributed by atoms with van der Waals surface area (Å²) in [6.07, 6.45) is 0. The summed E-state index contributed by atoms with van der Waals surface area (Å²) in [5.41, 5.74) is 2.69. The predicted molar refractivity (Wildman–Crippen MR) is 79.0 cm³/mol. The standard InChI is InChI=1S/C12H11BrCl3N2.ClH/c1-17-10(8-3-5-9(13)6-4-8)7-11(18(17)2)12(14,15)16;/h3-7H,1-2H3;1H/q+1;/p-1. The molecule has 0 fully saturated rings. The van der Waals surface area contributed by atoms with Crippen LogP contribution >= 0.6 is 50.7 Å². The molecule has 104 valence electrons. The van der Waals surface area contributed by atoms with Crippen LogP contribution in [0.25, 0.3) is 11.3 Å². The van der Waals surface area contributed by atoms with E-state index < -0.39 is 3.79 Å². The molecule has 0 aliphatic rings. The van der Waals surface area contributed by atoms with Gasteiger partial charge >= 0.3 is 0 Å². The van der Waals surface area contributed by atoms with Crippen molar-refractivity contribution in [3.05, 3.63) is 40.5 Å². The van der Waals surface area contributed by atoms with E-state index in [1.54, 1.807) is 0 Å². The summed E-state index contributed by atoms with van der Waals surface area (Å²) in [5, 5.41) is 0. The largest absolute Gasteiger partial charge is 1.00 e. The number of hydrogen-bond acceptors (Lipinski definition) is 0. The molecule has 7 heteroatoms. The monoisotopic (exact) mass is 402 g/mol. The van der Waals surface area contributed by atoms with Crippen molar-refractivity contribution < 1.29 is 17.1 Å². The Morgan fingerprint density at radius 2 is 1.68 bits per heavy atom. The first-order chi connectivity index (χ1) is 8.30. The molecule has 0 aliphatic heterocycles. The minimum Gasteiger partial charge on any atom is -1.00 e. The molecule has 0 amide bonds. The topological polar surface area (TPSA) is 8.81 Å². The summed E-state index contributed by atoms with van der Waals surface area (Å²) in [4.78, 5) is 0. The second kappa shape index (κ2) is 6.23. The summed E-state index contributed by atoms with van der Waals surface area (Å²) >= 11 is 21.3. The van der Waals surface area contributed by atoms with Gasteiger partial charge in [-0.05, 0) is 24.3 Å². The van der Waals surface area contributed by atoms with E-state index >= 15 is 0 Å². The SMILES string of the molecule is Cn1c(C(Cl)(Cl)Cl)cc(-c2ccc(Br)cc2)[n+]1C.[Cl-]. The van der Waals surface area contributed by atoms with Crippen LogP contribution in [0.15, 0.2) is 34.8 Å². The highest BCUT2D eigenvalue weighted by Crippen LogP contribution is 2.38. The number of rotatable bonds is 1. The van der Waals surface area contributed by atoms with E-state index in [1.165, 1.54) is 0 Å². The third-order valence-electron chi connectivity index (χ3n) is 2.85. The highest BCUT2D eigenvalue weighted by molar-refractivity contribution is 9.10. The van der Waals surface area contributed by atoms with Gasteiger partial charge in [0.1, 0.15) is 5.69 Å². The zero-order chi connectivity index (χ0) is 13.5. The summed E-state index contributed by atoms with van der Waals surface area (Å²) in [6, 6.07) is 9.88. The molecule has 0 radical (unpaired) electrons. The fourth-order valence-corrected chi connectivity index (χ4v) is 2.59. The van der Waals surface area contributed by atoms with E-state index in [0.717, 1.165) is 15.7 Å². The molecule has 0 bridgehead atoms. The first-order valence-corrected chi connectivity index (χ1v) is 7.12. The molecule has 0 aliphatic carbocycles. The van der Waals surface area contributed by atoms with Crippen LogP contribution in [0.4, 0.5) is 0 Å². The van der Waals surface area contributed by atoms with Gasteiger partial charge < -0.3 is 12.4 Å². The fraction of sp³-hybridized carbons (Fsp3) is 0.250. The molecule has 0 N–H and O–H groups in total. The molecule has 0 unspecified atom stereocenters. The Kier molecular flexibility index (Phi) is 5.61. The molecular weight excluding hydrogens is 394 g/mol. The quantitative estimate of drug-likeness (QED) is 0.497. The Hall–Kier alpha value is 0.0700. The highest BCUT2D eigenvalue weighted by Gasteiger charge is 2.32. The zero-order valence-electron chi connectivity index (χ0n) is 10.2. The van der Waals surface area contributed by atoms with Crippen LogP contribution in [0.2, 0.25) is 0 Å². The minimum absolute atomic E-state index is 0. The fourth-order valence-electron chi connectivity index (χ4n) is 1.80. The molecule has 0 atom stereocenters. The maximum absolute atomic E-state index is 5.95. The van der Waals surface area contributed by atoms with Gasteiger partial charge in [-0.3, -0.25) is 0 Å². The van der Waals surface area contributed by atoms with E-state index in [-0.39, 0.29) is 12.4 Å². The van der Waals surface area contributed by atoms with Crippen LogP contribution in [0.5, 0.6) is 0 Å². The van der Waals surface area contributed by atoms with Gasteiger partial charge in [0.2, 0.25) is 9.49 Å². The van der Waals surface area contributed by atoms with Crippen molar-refractivity contribution in [2.24, 2.45) is 14.1 Å². The third kappa shape index (κ3) is 3.59. The molecule has 0 spiro atoms. The van der Waals surface area contributed by atoms with Crippen LogP contribution < -0.4 is 17.1 Å². The van der Waals surface area contributed by atoms with Gasteiger partial charge in [0, 0.05) is 16.1 Å². The molecular formula is C12H11BrCl4N2. The molecule has 2 aromatic rings. The first-order valence-electron chi connectivity index (χ1n) is 5.20. The van der Waals surface area contributed by atoms with Crippen LogP contribution in [0, 0.1) is 0 Å². The van der Waals surface area contributed by atoms with Gasteiger partial charge in [-0.1, -0.05) is 50.7 Å².